The van der Waals surface area contributed by atoms with Gasteiger partial charge in [0.15, 0.2) is 9.84 Å². The summed E-state index contributed by atoms with van der Waals surface area (Å²) in [5.41, 5.74) is 3.67. The Kier molecular flexibility index (Phi) is 3.82. The van der Waals surface area contributed by atoms with Gasteiger partial charge in [-0.2, -0.15) is 0 Å². The quantitative estimate of drug-likeness (QED) is 0.847. The van der Waals surface area contributed by atoms with Crippen LogP contribution in [-0.4, -0.2) is 27.1 Å². The number of sulfone groups is 1. The molecular weight excluding hydrogens is 318 g/mol. The van der Waals surface area contributed by atoms with Crippen molar-refractivity contribution in [2.45, 2.75) is 24.0 Å². The Bertz CT molecular complexity index is 837. The summed E-state index contributed by atoms with van der Waals surface area (Å²) < 4.78 is 23.4. The largest absolute Gasteiger partial charge is 0.308 e. The van der Waals surface area contributed by atoms with Crippen molar-refractivity contribution < 1.29 is 13.2 Å². The summed E-state index contributed by atoms with van der Waals surface area (Å²) in [5, 5.41) is 1.63. The Morgan fingerprint density at radius 3 is 2.73 bits per heavy atom. The van der Waals surface area contributed by atoms with E-state index in [9.17, 15) is 13.2 Å². The predicted octanol–water partition coefficient (Wildman–Crippen LogP) is 3.05. The molecule has 0 radical (unpaired) electrons. The minimum absolute atomic E-state index is 0.127. The number of hydrogen-bond donors (Lipinski definition) is 0. The molecule has 0 unspecified atom stereocenters. The van der Waals surface area contributed by atoms with Crippen LogP contribution in [0.15, 0.2) is 33.9 Å². The van der Waals surface area contributed by atoms with Crippen molar-refractivity contribution in [3.8, 4) is 0 Å². The molecule has 1 aromatic carbocycles. The molecule has 22 heavy (non-hydrogen) atoms. The molecule has 2 aromatic rings. The highest BCUT2D eigenvalue weighted by Crippen LogP contribution is 2.30. The molecule has 2 heterocycles. The van der Waals surface area contributed by atoms with Crippen molar-refractivity contribution in [1.82, 2.24) is 0 Å². The van der Waals surface area contributed by atoms with Gasteiger partial charge in [-0.15, -0.1) is 11.3 Å². The first kappa shape index (κ1) is 15.2. The summed E-state index contributed by atoms with van der Waals surface area (Å²) >= 11 is 1.10. The molecule has 1 aliphatic heterocycles. The van der Waals surface area contributed by atoms with E-state index in [1.165, 1.54) is 11.6 Å². The van der Waals surface area contributed by atoms with Crippen molar-refractivity contribution in [2.75, 3.05) is 17.7 Å². The molecule has 0 spiro atoms. The number of aryl methyl sites for hydroxylation is 2. The summed E-state index contributed by atoms with van der Waals surface area (Å²) in [7, 11) is -3.27. The van der Waals surface area contributed by atoms with E-state index < -0.39 is 9.84 Å². The highest BCUT2D eigenvalue weighted by molar-refractivity contribution is 7.92. The number of benzene rings is 1. The van der Waals surface area contributed by atoms with Crippen LogP contribution in [0.2, 0.25) is 0 Å². The fraction of sp³-hybridized carbons (Fsp3) is 0.312. The number of fused-ring (bicyclic) bond motifs is 1. The molecule has 0 saturated carbocycles. The number of thiophene rings is 1. The zero-order valence-corrected chi connectivity index (χ0v) is 14.1. The van der Waals surface area contributed by atoms with Gasteiger partial charge in [-0.1, -0.05) is 12.1 Å². The highest BCUT2D eigenvalue weighted by Gasteiger charge is 2.25. The smallest absolute Gasteiger partial charge is 0.259 e. The first-order valence-corrected chi connectivity index (χ1v) is 9.83. The molecule has 1 aromatic heterocycles. The van der Waals surface area contributed by atoms with E-state index in [0.29, 0.717) is 12.1 Å². The van der Waals surface area contributed by atoms with Crippen LogP contribution in [0.25, 0.3) is 0 Å². The maximum Gasteiger partial charge on any atom is 0.259 e. The van der Waals surface area contributed by atoms with Crippen LogP contribution in [-0.2, 0) is 16.3 Å². The zero-order chi connectivity index (χ0) is 15.9. The van der Waals surface area contributed by atoms with Crippen molar-refractivity contribution in [3.63, 3.8) is 0 Å². The standard InChI is InChI=1S/C16H17NO3S2/c1-11-5-6-12-4-3-7-17(14(12)8-11)16(18)13-9-15(21-10-13)22(2,19)20/h5-6,8-10H,3-4,7H2,1-2H3. The van der Waals surface area contributed by atoms with Gasteiger partial charge in [-0.3, -0.25) is 4.79 Å². The maximum absolute atomic E-state index is 12.8. The number of rotatable bonds is 2. The van der Waals surface area contributed by atoms with Gasteiger partial charge in [-0.25, -0.2) is 8.42 Å². The minimum atomic E-state index is -3.27. The molecule has 6 heteroatoms. The summed E-state index contributed by atoms with van der Waals surface area (Å²) in [5.74, 6) is -0.127. The molecule has 0 saturated heterocycles. The van der Waals surface area contributed by atoms with Gasteiger partial charge in [0.25, 0.3) is 5.91 Å². The van der Waals surface area contributed by atoms with Crippen LogP contribution in [0.4, 0.5) is 5.69 Å². The van der Waals surface area contributed by atoms with E-state index in [0.717, 1.165) is 41.7 Å². The maximum atomic E-state index is 12.8. The number of amides is 1. The third kappa shape index (κ3) is 2.80. The molecule has 0 fully saturated rings. The van der Waals surface area contributed by atoms with E-state index in [1.54, 1.807) is 10.3 Å². The average Bonchev–Trinajstić information content (AvgIpc) is 2.95. The number of nitrogens with zero attached hydrogens (tertiary/aromatic N) is 1. The average molecular weight is 335 g/mol. The van der Waals surface area contributed by atoms with Crippen LogP contribution in [0.5, 0.6) is 0 Å². The Morgan fingerprint density at radius 1 is 1.27 bits per heavy atom. The third-order valence-electron chi connectivity index (χ3n) is 3.79. The van der Waals surface area contributed by atoms with Gasteiger partial charge in [0.05, 0.1) is 5.56 Å². The predicted molar refractivity (Wildman–Crippen MR) is 88.6 cm³/mol. The lowest BCUT2D eigenvalue weighted by atomic mass is 9.99. The molecule has 4 nitrogen and oxygen atoms in total. The second-order valence-electron chi connectivity index (χ2n) is 5.62. The van der Waals surface area contributed by atoms with E-state index >= 15 is 0 Å². The molecule has 0 aliphatic carbocycles. The van der Waals surface area contributed by atoms with Crippen molar-refractivity contribution >= 4 is 32.8 Å². The molecular formula is C16H17NO3S2. The lowest BCUT2D eigenvalue weighted by Crippen LogP contribution is -2.35. The summed E-state index contributed by atoms with van der Waals surface area (Å²) in [6.07, 6.45) is 3.05. The first-order valence-electron chi connectivity index (χ1n) is 7.06. The number of carbonyl (C=O) groups is 1. The topological polar surface area (TPSA) is 54.5 Å². The SMILES string of the molecule is Cc1ccc2c(c1)N(C(=O)c1csc(S(C)(=O)=O)c1)CCC2. The molecule has 0 atom stereocenters. The summed E-state index contributed by atoms with van der Waals surface area (Å²) in [6.45, 7) is 2.67. The van der Waals surface area contributed by atoms with E-state index in [2.05, 4.69) is 12.1 Å². The van der Waals surface area contributed by atoms with Crippen LogP contribution >= 0.6 is 11.3 Å². The van der Waals surface area contributed by atoms with E-state index in [-0.39, 0.29) is 10.1 Å². The number of hydrogen-bond acceptors (Lipinski definition) is 4. The Morgan fingerprint density at radius 2 is 2.05 bits per heavy atom. The Labute approximate surface area is 134 Å². The van der Waals surface area contributed by atoms with Crippen LogP contribution < -0.4 is 4.90 Å². The Balaban J connectivity index is 1.97. The Hall–Kier alpha value is -1.66. The number of carbonyl (C=O) groups excluding carboxylic acids is 1. The third-order valence-corrected chi connectivity index (χ3v) is 6.56. The van der Waals surface area contributed by atoms with Gasteiger partial charge in [0.1, 0.15) is 4.21 Å². The molecule has 0 bridgehead atoms. The van der Waals surface area contributed by atoms with E-state index in [4.69, 9.17) is 0 Å². The lowest BCUT2D eigenvalue weighted by molar-refractivity contribution is 0.0985. The first-order chi connectivity index (χ1) is 10.4. The van der Waals surface area contributed by atoms with Gasteiger partial charge >= 0.3 is 0 Å². The minimum Gasteiger partial charge on any atom is -0.308 e. The molecule has 116 valence electrons. The second kappa shape index (κ2) is 5.52. The van der Waals surface area contributed by atoms with Gasteiger partial charge in [-0.05, 0) is 43.0 Å². The van der Waals surface area contributed by atoms with Crippen LogP contribution in [0.1, 0.15) is 27.9 Å². The zero-order valence-electron chi connectivity index (χ0n) is 12.5. The van der Waals surface area contributed by atoms with Gasteiger partial charge < -0.3 is 4.90 Å². The molecule has 1 amide bonds. The summed E-state index contributed by atoms with van der Waals surface area (Å²) in [6, 6.07) is 7.63. The fourth-order valence-electron chi connectivity index (χ4n) is 2.67. The lowest BCUT2D eigenvalue weighted by Gasteiger charge is -2.29. The van der Waals surface area contributed by atoms with Crippen molar-refractivity contribution in [2.24, 2.45) is 0 Å². The van der Waals surface area contributed by atoms with E-state index in [1.807, 2.05) is 13.0 Å². The molecule has 0 N–H and O–H groups in total. The number of anilines is 1. The fourth-order valence-corrected chi connectivity index (χ4v) is 4.47. The normalized spacial score (nSPS) is 14.7. The van der Waals surface area contributed by atoms with Crippen molar-refractivity contribution in [3.05, 3.63) is 46.3 Å². The van der Waals surface area contributed by atoms with Crippen molar-refractivity contribution in [1.29, 1.82) is 0 Å². The second-order valence-corrected chi connectivity index (χ2v) is 8.77. The monoisotopic (exact) mass is 335 g/mol. The molecule has 1 aliphatic rings. The van der Waals surface area contributed by atoms with Crippen LogP contribution in [0.3, 0.4) is 0 Å². The van der Waals surface area contributed by atoms with Crippen LogP contribution in [0, 0.1) is 6.92 Å². The molecule has 3 rings (SSSR count). The van der Waals surface area contributed by atoms with Gasteiger partial charge in [0.2, 0.25) is 0 Å². The van der Waals surface area contributed by atoms with Gasteiger partial charge in [0, 0.05) is 23.9 Å². The summed E-state index contributed by atoms with van der Waals surface area (Å²) in [4.78, 5) is 14.5. The highest BCUT2D eigenvalue weighted by atomic mass is 32.2.